The summed E-state index contributed by atoms with van der Waals surface area (Å²) in [6.07, 6.45) is -0.273. The standard InChI is InChI=1S/C23H32N2O6/c1-3-29-23(30-4-2)17-24(15-14-19-8-6-5-7-9-19)16-21(26)18-31-22-12-10-20(11-13-22)25(27)28/h5-13,21,23,26H,3-4,14-18H2,1-2H3. The Morgan fingerprint density at radius 2 is 1.65 bits per heavy atom. The number of hydrogen-bond donors (Lipinski definition) is 1. The molecular formula is C23H32N2O6. The fourth-order valence-electron chi connectivity index (χ4n) is 3.13. The van der Waals surface area contributed by atoms with Crippen LogP contribution in [0.3, 0.4) is 0 Å². The zero-order valence-corrected chi connectivity index (χ0v) is 18.2. The molecule has 0 saturated carbocycles. The molecule has 0 aliphatic rings. The van der Waals surface area contributed by atoms with Crippen molar-refractivity contribution in [3.63, 3.8) is 0 Å². The molecule has 2 rings (SSSR count). The van der Waals surface area contributed by atoms with Crippen LogP contribution in [0.1, 0.15) is 19.4 Å². The number of aliphatic hydroxyl groups is 1. The predicted octanol–water partition coefficient (Wildman–Crippen LogP) is 3.28. The lowest BCUT2D eigenvalue weighted by Crippen LogP contribution is -2.42. The van der Waals surface area contributed by atoms with Gasteiger partial charge in [-0.15, -0.1) is 0 Å². The quantitative estimate of drug-likeness (QED) is 0.262. The van der Waals surface area contributed by atoms with E-state index in [2.05, 4.69) is 17.0 Å². The Kier molecular flexibility index (Phi) is 10.9. The summed E-state index contributed by atoms with van der Waals surface area (Å²) in [6.45, 7) is 6.66. The van der Waals surface area contributed by atoms with Gasteiger partial charge in [0.1, 0.15) is 18.5 Å². The fraction of sp³-hybridized carbons (Fsp3) is 0.478. The molecule has 0 bridgehead atoms. The molecule has 0 radical (unpaired) electrons. The van der Waals surface area contributed by atoms with Crippen molar-refractivity contribution in [2.45, 2.75) is 32.7 Å². The first-order chi connectivity index (χ1) is 15.0. The van der Waals surface area contributed by atoms with Crippen LogP contribution in [0.25, 0.3) is 0 Å². The van der Waals surface area contributed by atoms with E-state index < -0.39 is 11.0 Å². The molecule has 2 aromatic carbocycles. The molecule has 0 spiro atoms. The highest BCUT2D eigenvalue weighted by Crippen LogP contribution is 2.17. The van der Waals surface area contributed by atoms with Gasteiger partial charge in [-0.3, -0.25) is 15.0 Å². The van der Waals surface area contributed by atoms with Gasteiger partial charge in [-0.1, -0.05) is 30.3 Å². The number of nitrogens with zero attached hydrogens (tertiary/aromatic N) is 2. The summed E-state index contributed by atoms with van der Waals surface area (Å²) in [7, 11) is 0. The van der Waals surface area contributed by atoms with Crippen LogP contribution in [0.2, 0.25) is 0 Å². The minimum absolute atomic E-state index is 0.00197. The monoisotopic (exact) mass is 432 g/mol. The molecule has 0 aromatic heterocycles. The first-order valence-electron chi connectivity index (χ1n) is 10.6. The third-order valence-corrected chi connectivity index (χ3v) is 4.63. The minimum Gasteiger partial charge on any atom is -0.491 e. The van der Waals surface area contributed by atoms with Crippen molar-refractivity contribution in [2.75, 3.05) is 39.5 Å². The molecule has 8 nitrogen and oxygen atoms in total. The second-order valence-corrected chi connectivity index (χ2v) is 7.05. The average Bonchev–Trinajstić information content (AvgIpc) is 2.77. The summed E-state index contributed by atoms with van der Waals surface area (Å²) >= 11 is 0. The molecule has 31 heavy (non-hydrogen) atoms. The smallest absolute Gasteiger partial charge is 0.269 e. The van der Waals surface area contributed by atoms with Crippen LogP contribution in [0.15, 0.2) is 54.6 Å². The highest BCUT2D eigenvalue weighted by atomic mass is 16.7. The Bertz CT molecular complexity index is 750. The molecule has 8 heteroatoms. The van der Waals surface area contributed by atoms with Crippen molar-refractivity contribution in [1.29, 1.82) is 0 Å². The van der Waals surface area contributed by atoms with Crippen LogP contribution in [0, 0.1) is 10.1 Å². The van der Waals surface area contributed by atoms with Gasteiger partial charge >= 0.3 is 0 Å². The molecule has 1 unspecified atom stereocenters. The number of hydrogen-bond acceptors (Lipinski definition) is 7. The largest absolute Gasteiger partial charge is 0.491 e. The highest BCUT2D eigenvalue weighted by Gasteiger charge is 2.18. The van der Waals surface area contributed by atoms with Crippen molar-refractivity contribution < 1.29 is 24.2 Å². The second kappa shape index (κ2) is 13.7. The summed E-state index contributed by atoms with van der Waals surface area (Å²) in [5.41, 5.74) is 1.21. The van der Waals surface area contributed by atoms with Crippen LogP contribution in [0.5, 0.6) is 5.75 Å². The summed E-state index contributed by atoms with van der Waals surface area (Å²) in [4.78, 5) is 12.4. The van der Waals surface area contributed by atoms with Crippen molar-refractivity contribution in [3.05, 3.63) is 70.3 Å². The Balaban J connectivity index is 1.92. The summed E-state index contributed by atoms with van der Waals surface area (Å²) in [5, 5.41) is 21.3. The topological polar surface area (TPSA) is 94.3 Å². The van der Waals surface area contributed by atoms with Gasteiger partial charge in [0.2, 0.25) is 0 Å². The van der Waals surface area contributed by atoms with Crippen molar-refractivity contribution in [1.82, 2.24) is 4.90 Å². The third kappa shape index (κ3) is 9.44. The minimum atomic E-state index is -0.741. The number of aliphatic hydroxyl groups excluding tert-OH is 1. The number of ether oxygens (including phenoxy) is 3. The van der Waals surface area contributed by atoms with Gasteiger partial charge in [0.05, 0.1) is 4.92 Å². The summed E-state index contributed by atoms with van der Waals surface area (Å²) in [6, 6.07) is 16.0. The van der Waals surface area contributed by atoms with E-state index in [0.29, 0.717) is 32.1 Å². The van der Waals surface area contributed by atoms with Crippen molar-refractivity contribution in [3.8, 4) is 5.75 Å². The van der Waals surface area contributed by atoms with E-state index in [-0.39, 0.29) is 18.6 Å². The number of non-ortho nitro benzene ring substituents is 1. The van der Waals surface area contributed by atoms with Crippen LogP contribution in [0.4, 0.5) is 5.69 Å². The first-order valence-corrected chi connectivity index (χ1v) is 10.6. The van der Waals surface area contributed by atoms with E-state index in [1.807, 2.05) is 32.0 Å². The molecule has 1 N–H and O–H groups in total. The summed E-state index contributed by atoms with van der Waals surface area (Å²) < 4.78 is 17.0. The maximum atomic E-state index is 10.7. The van der Waals surface area contributed by atoms with Gasteiger partial charge in [0.25, 0.3) is 5.69 Å². The van der Waals surface area contributed by atoms with Crippen LogP contribution in [-0.4, -0.2) is 66.8 Å². The predicted molar refractivity (Wildman–Crippen MR) is 118 cm³/mol. The van der Waals surface area contributed by atoms with E-state index >= 15 is 0 Å². The van der Waals surface area contributed by atoms with Gasteiger partial charge in [-0.05, 0) is 38.0 Å². The first kappa shape index (κ1) is 24.7. The lowest BCUT2D eigenvalue weighted by molar-refractivity contribution is -0.384. The zero-order valence-electron chi connectivity index (χ0n) is 18.2. The maximum absolute atomic E-state index is 10.7. The normalized spacial score (nSPS) is 12.3. The molecule has 0 amide bonds. The molecule has 0 aliphatic carbocycles. The molecular weight excluding hydrogens is 400 g/mol. The summed E-state index contributed by atoms with van der Waals surface area (Å²) in [5.74, 6) is 0.474. The maximum Gasteiger partial charge on any atom is 0.269 e. The number of rotatable bonds is 15. The van der Waals surface area contributed by atoms with E-state index in [9.17, 15) is 15.2 Å². The van der Waals surface area contributed by atoms with E-state index in [1.165, 1.54) is 29.8 Å². The van der Waals surface area contributed by atoms with E-state index in [1.54, 1.807) is 0 Å². The van der Waals surface area contributed by atoms with Crippen LogP contribution < -0.4 is 4.74 Å². The fourth-order valence-corrected chi connectivity index (χ4v) is 3.13. The van der Waals surface area contributed by atoms with Gasteiger partial charge in [-0.25, -0.2) is 0 Å². The van der Waals surface area contributed by atoms with Crippen LogP contribution >= 0.6 is 0 Å². The lowest BCUT2D eigenvalue weighted by Gasteiger charge is -2.29. The third-order valence-electron chi connectivity index (χ3n) is 4.63. The van der Waals surface area contributed by atoms with Gasteiger partial charge in [-0.2, -0.15) is 0 Å². The SMILES string of the molecule is CCOC(CN(CCc1ccccc1)CC(O)COc1ccc([N+](=O)[O-])cc1)OCC. The number of benzene rings is 2. The van der Waals surface area contributed by atoms with Crippen molar-refractivity contribution in [2.24, 2.45) is 0 Å². The van der Waals surface area contributed by atoms with E-state index in [4.69, 9.17) is 14.2 Å². The highest BCUT2D eigenvalue weighted by molar-refractivity contribution is 5.35. The Morgan fingerprint density at radius 3 is 2.23 bits per heavy atom. The van der Waals surface area contributed by atoms with Gasteiger partial charge < -0.3 is 19.3 Å². The van der Waals surface area contributed by atoms with E-state index in [0.717, 1.165) is 13.0 Å². The molecule has 1 atom stereocenters. The molecule has 0 fully saturated rings. The van der Waals surface area contributed by atoms with Gasteiger partial charge in [0.15, 0.2) is 6.29 Å². The van der Waals surface area contributed by atoms with Gasteiger partial charge in [0, 0.05) is 45.0 Å². The Hall–Kier alpha value is -2.52. The molecule has 0 saturated heterocycles. The molecule has 0 aliphatic heterocycles. The lowest BCUT2D eigenvalue weighted by atomic mass is 10.1. The van der Waals surface area contributed by atoms with Crippen LogP contribution in [-0.2, 0) is 15.9 Å². The Labute approximate surface area is 183 Å². The Morgan fingerprint density at radius 1 is 1.00 bits per heavy atom. The zero-order chi connectivity index (χ0) is 22.5. The second-order valence-electron chi connectivity index (χ2n) is 7.05. The molecule has 170 valence electrons. The molecule has 2 aromatic rings. The number of nitro benzene ring substituents is 1. The van der Waals surface area contributed by atoms with Crippen molar-refractivity contribution >= 4 is 5.69 Å². The number of nitro groups is 1. The average molecular weight is 433 g/mol. The molecule has 0 heterocycles.